The van der Waals surface area contributed by atoms with Crippen LogP contribution in [0.4, 0.5) is 5.69 Å². The molecular weight excluding hydrogens is 382 g/mol. The summed E-state index contributed by atoms with van der Waals surface area (Å²) < 4.78 is 10.7. The minimum Gasteiger partial charge on any atom is -0.493 e. The number of nitrogens with zero attached hydrogens (tertiary/aromatic N) is 3. The molecule has 0 unspecified atom stereocenters. The molecule has 1 saturated heterocycles. The summed E-state index contributed by atoms with van der Waals surface area (Å²) in [4.78, 5) is 21.3. The van der Waals surface area contributed by atoms with Crippen molar-refractivity contribution in [3.05, 3.63) is 48.0 Å². The number of methoxy groups -OCH3 is 2. The average Bonchev–Trinajstić information content (AvgIpc) is 2.77. The Balaban J connectivity index is 1.74. The zero-order valence-corrected chi connectivity index (χ0v) is 17.4. The van der Waals surface area contributed by atoms with Gasteiger partial charge in [0.1, 0.15) is 0 Å². The maximum Gasteiger partial charge on any atom is 0.336 e. The summed E-state index contributed by atoms with van der Waals surface area (Å²) in [6.45, 7) is 4.08. The van der Waals surface area contributed by atoms with Crippen molar-refractivity contribution in [1.82, 2.24) is 9.88 Å². The van der Waals surface area contributed by atoms with E-state index in [1.54, 1.807) is 25.3 Å². The Bertz CT molecular complexity index is 1070. The van der Waals surface area contributed by atoms with Gasteiger partial charge in [-0.25, -0.2) is 9.78 Å². The van der Waals surface area contributed by atoms with Crippen LogP contribution < -0.4 is 14.4 Å². The van der Waals surface area contributed by atoms with Crippen molar-refractivity contribution >= 4 is 22.6 Å². The fraction of sp³-hybridized carbons (Fsp3) is 0.304. The van der Waals surface area contributed by atoms with Crippen LogP contribution in [0.2, 0.25) is 0 Å². The fourth-order valence-corrected chi connectivity index (χ4v) is 3.79. The fourth-order valence-electron chi connectivity index (χ4n) is 3.79. The SMILES string of the molecule is COc1cc2nc(-c3ccc(N4CCN(C)CC4)cc3)cc(C(=O)O)c2cc1OC. The third-order valence-corrected chi connectivity index (χ3v) is 5.58. The number of carbonyl (C=O) groups is 1. The van der Waals surface area contributed by atoms with Gasteiger partial charge in [-0.15, -0.1) is 0 Å². The highest BCUT2D eigenvalue weighted by molar-refractivity contribution is 6.04. The van der Waals surface area contributed by atoms with Crippen LogP contribution in [0.1, 0.15) is 10.4 Å². The smallest absolute Gasteiger partial charge is 0.336 e. The van der Waals surface area contributed by atoms with Crippen LogP contribution >= 0.6 is 0 Å². The molecule has 1 N–H and O–H groups in total. The highest BCUT2D eigenvalue weighted by Crippen LogP contribution is 2.35. The number of carboxylic acids is 1. The number of anilines is 1. The van der Waals surface area contributed by atoms with E-state index in [1.807, 2.05) is 12.1 Å². The Hall–Kier alpha value is -3.32. The van der Waals surface area contributed by atoms with E-state index in [2.05, 4.69) is 29.0 Å². The Morgan fingerprint density at radius 1 is 0.967 bits per heavy atom. The molecule has 0 radical (unpaired) electrons. The minimum atomic E-state index is -1.01. The normalized spacial score (nSPS) is 14.7. The Morgan fingerprint density at radius 2 is 1.60 bits per heavy atom. The van der Waals surface area contributed by atoms with E-state index in [-0.39, 0.29) is 5.56 Å². The lowest BCUT2D eigenvalue weighted by Gasteiger charge is -2.34. The summed E-state index contributed by atoms with van der Waals surface area (Å²) >= 11 is 0. The molecule has 1 fully saturated rings. The van der Waals surface area contributed by atoms with Gasteiger partial charge in [-0.2, -0.15) is 0 Å². The number of ether oxygens (including phenoxy) is 2. The van der Waals surface area contributed by atoms with Gasteiger partial charge in [0.05, 0.1) is 31.0 Å². The summed E-state index contributed by atoms with van der Waals surface area (Å²) in [5, 5.41) is 10.3. The number of likely N-dealkylation sites (N-methyl/N-ethyl adjacent to an activating group) is 1. The summed E-state index contributed by atoms with van der Waals surface area (Å²) in [6, 6.07) is 13.1. The monoisotopic (exact) mass is 407 g/mol. The molecule has 4 rings (SSSR count). The number of fused-ring (bicyclic) bond motifs is 1. The Morgan fingerprint density at radius 3 is 2.20 bits per heavy atom. The average molecular weight is 407 g/mol. The van der Waals surface area contributed by atoms with E-state index < -0.39 is 5.97 Å². The van der Waals surface area contributed by atoms with Gasteiger partial charge in [0.15, 0.2) is 11.5 Å². The van der Waals surface area contributed by atoms with Crippen molar-refractivity contribution in [1.29, 1.82) is 0 Å². The predicted octanol–water partition coefficient (Wildman–Crippen LogP) is 3.37. The standard InChI is InChI=1S/C23H25N3O4/c1-25-8-10-26(11-9-25)16-6-4-15(5-7-16)19-12-18(23(27)28)17-13-21(29-2)22(30-3)14-20(17)24-19/h4-7,12-14H,8-11H2,1-3H3,(H,27,28). The lowest BCUT2D eigenvalue weighted by molar-refractivity contribution is 0.0699. The summed E-state index contributed by atoms with van der Waals surface area (Å²) in [5.74, 6) is -0.0279. The van der Waals surface area contributed by atoms with E-state index in [9.17, 15) is 9.90 Å². The molecule has 2 heterocycles. The maximum atomic E-state index is 11.9. The molecule has 0 spiro atoms. The molecule has 0 saturated carbocycles. The van der Waals surface area contributed by atoms with Gasteiger partial charge in [-0.3, -0.25) is 0 Å². The molecule has 1 aromatic heterocycles. The van der Waals surface area contributed by atoms with E-state index in [0.717, 1.165) is 37.4 Å². The Kier molecular flexibility index (Phi) is 5.46. The third-order valence-electron chi connectivity index (χ3n) is 5.58. The van der Waals surface area contributed by atoms with Crippen LogP contribution in [-0.2, 0) is 0 Å². The molecule has 0 aliphatic carbocycles. The number of hydrogen-bond acceptors (Lipinski definition) is 6. The van der Waals surface area contributed by atoms with Crippen LogP contribution in [0.3, 0.4) is 0 Å². The van der Waals surface area contributed by atoms with Gasteiger partial charge in [0.25, 0.3) is 0 Å². The minimum absolute atomic E-state index is 0.180. The van der Waals surface area contributed by atoms with Crippen molar-refractivity contribution in [2.24, 2.45) is 0 Å². The van der Waals surface area contributed by atoms with Crippen molar-refractivity contribution in [2.45, 2.75) is 0 Å². The first kappa shape index (κ1) is 20.0. The number of piperazine rings is 1. The summed E-state index contributed by atoms with van der Waals surface area (Å²) in [6.07, 6.45) is 0. The van der Waals surface area contributed by atoms with Crippen molar-refractivity contribution in [3.8, 4) is 22.8 Å². The maximum absolute atomic E-state index is 11.9. The van der Waals surface area contributed by atoms with Crippen LogP contribution in [0.5, 0.6) is 11.5 Å². The van der Waals surface area contributed by atoms with Gasteiger partial charge < -0.3 is 24.4 Å². The lowest BCUT2D eigenvalue weighted by atomic mass is 10.0. The summed E-state index contributed by atoms with van der Waals surface area (Å²) in [7, 11) is 5.20. The van der Waals surface area contributed by atoms with Crippen LogP contribution in [0.25, 0.3) is 22.2 Å². The Labute approximate surface area is 175 Å². The highest BCUT2D eigenvalue weighted by Gasteiger charge is 2.18. The first-order chi connectivity index (χ1) is 14.5. The van der Waals surface area contributed by atoms with Gasteiger partial charge in [-0.05, 0) is 31.3 Å². The van der Waals surface area contributed by atoms with Crippen molar-refractivity contribution in [3.63, 3.8) is 0 Å². The molecule has 1 aliphatic heterocycles. The van der Waals surface area contributed by atoms with E-state index in [0.29, 0.717) is 28.1 Å². The molecule has 3 aromatic rings. The van der Waals surface area contributed by atoms with E-state index in [1.165, 1.54) is 7.11 Å². The number of rotatable bonds is 5. The second kappa shape index (κ2) is 8.20. The molecule has 0 atom stereocenters. The van der Waals surface area contributed by atoms with E-state index in [4.69, 9.17) is 14.5 Å². The van der Waals surface area contributed by atoms with Gasteiger partial charge >= 0.3 is 5.97 Å². The number of aromatic carboxylic acids is 1. The summed E-state index contributed by atoms with van der Waals surface area (Å²) in [5.41, 5.74) is 3.37. The molecule has 7 heteroatoms. The number of pyridine rings is 1. The number of aromatic nitrogens is 1. The molecular formula is C23H25N3O4. The topological polar surface area (TPSA) is 75.1 Å². The van der Waals surface area contributed by atoms with Gasteiger partial charge in [-0.1, -0.05) is 12.1 Å². The van der Waals surface area contributed by atoms with Crippen molar-refractivity contribution in [2.75, 3.05) is 52.3 Å². The molecule has 30 heavy (non-hydrogen) atoms. The quantitative estimate of drug-likeness (QED) is 0.695. The van der Waals surface area contributed by atoms with Crippen LogP contribution in [-0.4, -0.2) is 68.4 Å². The second-order valence-corrected chi connectivity index (χ2v) is 7.42. The number of carboxylic acid groups (broad SMARTS) is 1. The zero-order valence-electron chi connectivity index (χ0n) is 17.4. The lowest BCUT2D eigenvalue weighted by Crippen LogP contribution is -2.44. The molecule has 2 aromatic carbocycles. The zero-order chi connectivity index (χ0) is 21.3. The third kappa shape index (κ3) is 3.76. The highest BCUT2D eigenvalue weighted by atomic mass is 16.5. The molecule has 156 valence electrons. The number of hydrogen-bond donors (Lipinski definition) is 1. The first-order valence-corrected chi connectivity index (χ1v) is 9.84. The van der Waals surface area contributed by atoms with Gasteiger partial charge in [0.2, 0.25) is 0 Å². The molecule has 0 bridgehead atoms. The van der Waals surface area contributed by atoms with Gasteiger partial charge in [0, 0.05) is 48.9 Å². The molecule has 7 nitrogen and oxygen atoms in total. The first-order valence-electron chi connectivity index (χ1n) is 9.84. The second-order valence-electron chi connectivity index (χ2n) is 7.42. The van der Waals surface area contributed by atoms with E-state index >= 15 is 0 Å². The van der Waals surface area contributed by atoms with Crippen LogP contribution in [0, 0.1) is 0 Å². The number of benzene rings is 2. The largest absolute Gasteiger partial charge is 0.493 e. The molecule has 1 aliphatic rings. The van der Waals surface area contributed by atoms with Crippen LogP contribution in [0.15, 0.2) is 42.5 Å². The molecule has 0 amide bonds. The predicted molar refractivity (Wildman–Crippen MR) is 117 cm³/mol. The van der Waals surface area contributed by atoms with Crippen molar-refractivity contribution < 1.29 is 19.4 Å².